The van der Waals surface area contributed by atoms with Crippen LogP contribution in [0.25, 0.3) is 0 Å². The number of hydrazone groups is 1. The number of ether oxygens (including phenoxy) is 3. The molecule has 0 spiro atoms. The van der Waals surface area contributed by atoms with Crippen LogP contribution in [0.3, 0.4) is 0 Å². The van der Waals surface area contributed by atoms with Gasteiger partial charge in [0.2, 0.25) is 0 Å². The Hall–Kier alpha value is -4.59. The first-order valence-corrected chi connectivity index (χ1v) is 11.0. The first-order chi connectivity index (χ1) is 17.1. The zero-order valence-corrected chi connectivity index (χ0v) is 19.4. The normalized spacial score (nSPS) is 10.4. The van der Waals surface area contributed by atoms with E-state index in [1.54, 1.807) is 60.7 Å². The number of anilines is 1. The lowest BCUT2D eigenvalue weighted by molar-refractivity contribution is -0.118. The van der Waals surface area contributed by atoms with Crippen LogP contribution in [0.15, 0.2) is 90.6 Å². The maximum Gasteiger partial charge on any atom is 0.271 e. The maximum absolute atomic E-state index is 12.6. The molecule has 2 N–H and O–H groups in total. The summed E-state index contributed by atoms with van der Waals surface area (Å²) in [6, 6.07) is 21.1. The average molecular weight is 474 g/mol. The van der Waals surface area contributed by atoms with Crippen molar-refractivity contribution in [1.82, 2.24) is 5.43 Å². The molecule has 3 rings (SSSR count). The van der Waals surface area contributed by atoms with Gasteiger partial charge in [0, 0.05) is 16.8 Å². The zero-order chi connectivity index (χ0) is 24.9. The topological polar surface area (TPSA) is 98.3 Å². The number of rotatable bonds is 12. The van der Waals surface area contributed by atoms with Gasteiger partial charge >= 0.3 is 0 Å². The van der Waals surface area contributed by atoms with Crippen LogP contribution >= 0.6 is 0 Å². The zero-order valence-electron chi connectivity index (χ0n) is 19.4. The molecule has 0 aliphatic heterocycles. The lowest BCUT2D eigenvalue weighted by Crippen LogP contribution is -2.20. The van der Waals surface area contributed by atoms with Gasteiger partial charge in [-0.3, -0.25) is 9.59 Å². The first kappa shape index (κ1) is 25.0. The summed E-state index contributed by atoms with van der Waals surface area (Å²) in [7, 11) is 0. The standard InChI is InChI=1S/C27H27N3O5/c1-3-16-34-24-15-14-20(17-25(24)33-4-2)27(32)30-28-18-21-10-8-9-13-23(21)35-19-26(31)29-22-11-6-5-7-12-22/h3,5-15,17-18H,1,4,16,19H2,2H3,(H,29,31)(H,30,32)/b28-18+. The van der Waals surface area contributed by atoms with Crippen molar-refractivity contribution >= 4 is 23.7 Å². The Bertz CT molecular complexity index is 1180. The molecule has 0 atom stereocenters. The van der Waals surface area contributed by atoms with Gasteiger partial charge in [-0.1, -0.05) is 43.0 Å². The Morgan fingerprint density at radius 1 is 0.914 bits per heavy atom. The van der Waals surface area contributed by atoms with Crippen molar-refractivity contribution in [2.24, 2.45) is 5.10 Å². The van der Waals surface area contributed by atoms with Crippen LogP contribution in [-0.4, -0.2) is 37.8 Å². The van der Waals surface area contributed by atoms with E-state index in [0.29, 0.717) is 47.3 Å². The minimum absolute atomic E-state index is 0.174. The summed E-state index contributed by atoms with van der Waals surface area (Å²) in [5.74, 6) is 0.726. The molecule has 3 aromatic rings. The van der Waals surface area contributed by atoms with Crippen molar-refractivity contribution < 1.29 is 23.8 Å². The summed E-state index contributed by atoms with van der Waals surface area (Å²) < 4.78 is 16.8. The second-order valence-corrected chi connectivity index (χ2v) is 7.13. The lowest BCUT2D eigenvalue weighted by Gasteiger charge is -2.12. The molecule has 0 aliphatic rings. The van der Waals surface area contributed by atoms with Gasteiger partial charge in [-0.25, -0.2) is 5.43 Å². The molecule has 0 aromatic heterocycles. The van der Waals surface area contributed by atoms with Gasteiger partial charge in [0.15, 0.2) is 18.1 Å². The molecular weight excluding hydrogens is 446 g/mol. The summed E-state index contributed by atoms with van der Waals surface area (Å²) in [5, 5.41) is 6.79. The van der Waals surface area contributed by atoms with E-state index < -0.39 is 5.91 Å². The van der Waals surface area contributed by atoms with Crippen molar-refractivity contribution in [2.75, 3.05) is 25.1 Å². The van der Waals surface area contributed by atoms with E-state index in [2.05, 4.69) is 22.4 Å². The summed E-state index contributed by atoms with van der Waals surface area (Å²) >= 11 is 0. The SMILES string of the molecule is C=CCOc1ccc(C(=O)N/N=C/c2ccccc2OCC(=O)Nc2ccccc2)cc1OCC. The van der Waals surface area contributed by atoms with E-state index in [1.165, 1.54) is 6.21 Å². The minimum Gasteiger partial charge on any atom is -0.490 e. The average Bonchev–Trinajstić information content (AvgIpc) is 2.88. The molecule has 35 heavy (non-hydrogen) atoms. The minimum atomic E-state index is -0.418. The van der Waals surface area contributed by atoms with E-state index in [1.807, 2.05) is 25.1 Å². The third kappa shape index (κ3) is 7.75. The fraction of sp³-hybridized carbons (Fsp3) is 0.148. The fourth-order valence-corrected chi connectivity index (χ4v) is 2.99. The molecule has 180 valence electrons. The largest absolute Gasteiger partial charge is 0.490 e. The maximum atomic E-state index is 12.6. The third-order valence-corrected chi connectivity index (χ3v) is 4.57. The quantitative estimate of drug-likeness (QED) is 0.230. The van der Waals surface area contributed by atoms with Gasteiger partial charge in [-0.05, 0) is 49.4 Å². The number of para-hydroxylation sites is 2. The van der Waals surface area contributed by atoms with Crippen LogP contribution < -0.4 is 25.0 Å². The number of hydrogen-bond acceptors (Lipinski definition) is 6. The van der Waals surface area contributed by atoms with E-state index in [-0.39, 0.29) is 12.5 Å². The Morgan fingerprint density at radius 2 is 1.69 bits per heavy atom. The van der Waals surface area contributed by atoms with E-state index in [9.17, 15) is 9.59 Å². The number of hydrogen-bond donors (Lipinski definition) is 2. The molecule has 8 nitrogen and oxygen atoms in total. The summed E-state index contributed by atoms with van der Waals surface area (Å²) in [6.45, 7) is 6.05. The number of carbonyl (C=O) groups excluding carboxylic acids is 2. The van der Waals surface area contributed by atoms with Crippen molar-refractivity contribution in [3.05, 3.63) is 96.6 Å². The number of nitrogens with zero attached hydrogens (tertiary/aromatic N) is 1. The number of amides is 2. The third-order valence-electron chi connectivity index (χ3n) is 4.57. The lowest BCUT2D eigenvalue weighted by atomic mass is 10.2. The van der Waals surface area contributed by atoms with Crippen LogP contribution in [-0.2, 0) is 4.79 Å². The van der Waals surface area contributed by atoms with E-state index in [0.717, 1.165) is 0 Å². The van der Waals surface area contributed by atoms with Crippen LogP contribution in [0.1, 0.15) is 22.8 Å². The molecule has 3 aromatic carbocycles. The monoisotopic (exact) mass is 473 g/mol. The van der Waals surface area contributed by atoms with Crippen LogP contribution in [0.2, 0.25) is 0 Å². The summed E-state index contributed by atoms with van der Waals surface area (Å²) in [4.78, 5) is 24.7. The molecule has 0 saturated carbocycles. The van der Waals surface area contributed by atoms with Gasteiger partial charge in [0.1, 0.15) is 12.4 Å². The smallest absolute Gasteiger partial charge is 0.271 e. The van der Waals surface area contributed by atoms with Gasteiger partial charge in [-0.15, -0.1) is 0 Å². The predicted molar refractivity (Wildman–Crippen MR) is 135 cm³/mol. The molecule has 0 heterocycles. The molecule has 8 heteroatoms. The van der Waals surface area contributed by atoms with Crippen LogP contribution in [0, 0.1) is 0 Å². The molecule has 0 unspecified atom stereocenters. The molecule has 2 amide bonds. The Morgan fingerprint density at radius 3 is 2.46 bits per heavy atom. The number of carbonyl (C=O) groups is 2. The van der Waals surface area contributed by atoms with E-state index >= 15 is 0 Å². The van der Waals surface area contributed by atoms with Crippen molar-refractivity contribution in [3.63, 3.8) is 0 Å². The first-order valence-electron chi connectivity index (χ1n) is 11.0. The Labute approximate surface area is 204 Å². The molecule has 0 aliphatic carbocycles. The molecule has 0 bridgehead atoms. The molecule has 0 saturated heterocycles. The summed E-state index contributed by atoms with van der Waals surface area (Å²) in [5.41, 5.74) is 4.13. The highest BCUT2D eigenvalue weighted by Crippen LogP contribution is 2.28. The highest BCUT2D eigenvalue weighted by Gasteiger charge is 2.11. The van der Waals surface area contributed by atoms with Crippen molar-refractivity contribution in [3.8, 4) is 17.2 Å². The second kappa shape index (κ2) is 13.2. The van der Waals surface area contributed by atoms with Gasteiger partial charge < -0.3 is 19.5 Å². The summed E-state index contributed by atoms with van der Waals surface area (Å²) in [6.07, 6.45) is 3.08. The molecule has 0 radical (unpaired) electrons. The van der Waals surface area contributed by atoms with Crippen LogP contribution in [0.5, 0.6) is 17.2 Å². The van der Waals surface area contributed by atoms with Crippen molar-refractivity contribution in [2.45, 2.75) is 6.92 Å². The molecular formula is C27H27N3O5. The Kier molecular flexibility index (Phi) is 9.44. The van der Waals surface area contributed by atoms with Crippen LogP contribution in [0.4, 0.5) is 5.69 Å². The van der Waals surface area contributed by atoms with E-state index in [4.69, 9.17) is 14.2 Å². The molecule has 0 fully saturated rings. The highest BCUT2D eigenvalue weighted by atomic mass is 16.5. The number of nitrogens with one attached hydrogen (secondary N) is 2. The van der Waals surface area contributed by atoms with Gasteiger partial charge in [0.25, 0.3) is 11.8 Å². The highest BCUT2D eigenvalue weighted by molar-refractivity contribution is 5.96. The van der Waals surface area contributed by atoms with Gasteiger partial charge in [0.05, 0.1) is 12.8 Å². The second-order valence-electron chi connectivity index (χ2n) is 7.13. The van der Waals surface area contributed by atoms with Gasteiger partial charge in [-0.2, -0.15) is 5.10 Å². The Balaban J connectivity index is 1.60. The predicted octanol–water partition coefficient (Wildman–Crippen LogP) is 4.43. The fourth-order valence-electron chi connectivity index (χ4n) is 2.99. The van der Waals surface area contributed by atoms with Crippen molar-refractivity contribution in [1.29, 1.82) is 0 Å². The number of benzene rings is 3.